The van der Waals surface area contributed by atoms with Gasteiger partial charge in [0.25, 0.3) is 5.91 Å². The largest absolute Gasteiger partial charge is 0.340 e. The molecule has 0 saturated carbocycles. The summed E-state index contributed by atoms with van der Waals surface area (Å²) in [7, 11) is 0. The number of carbonyl (C=O) groups is 1. The van der Waals surface area contributed by atoms with Crippen LogP contribution < -0.4 is 5.32 Å². The molecule has 0 fully saturated rings. The fraction of sp³-hybridized carbons (Fsp3) is 0.286. The van der Waals surface area contributed by atoms with E-state index in [1.807, 2.05) is 6.92 Å². The summed E-state index contributed by atoms with van der Waals surface area (Å²) < 4.78 is 27.2. The molecule has 7 heteroatoms. The number of halogens is 3. The highest BCUT2D eigenvalue weighted by atomic mass is 35.5. The number of rotatable bonds is 4. The minimum absolute atomic E-state index is 0.359. The van der Waals surface area contributed by atoms with Crippen molar-refractivity contribution >= 4 is 28.8 Å². The first-order chi connectivity index (χ1) is 9.89. The van der Waals surface area contributed by atoms with Gasteiger partial charge in [0, 0.05) is 11.6 Å². The van der Waals surface area contributed by atoms with E-state index in [2.05, 4.69) is 10.3 Å². The summed E-state index contributed by atoms with van der Waals surface area (Å²) in [5.74, 6) is -3.18. The third-order valence-electron chi connectivity index (χ3n) is 3.28. The number of aromatic nitrogens is 1. The van der Waals surface area contributed by atoms with Gasteiger partial charge in [-0.1, -0.05) is 18.5 Å². The van der Waals surface area contributed by atoms with Crippen molar-refractivity contribution < 1.29 is 13.6 Å². The molecule has 2 aromatic rings. The molecule has 1 N–H and O–H groups in total. The van der Waals surface area contributed by atoms with Crippen LogP contribution in [0.3, 0.4) is 0 Å². The molecule has 3 nitrogen and oxygen atoms in total. The molecular weight excluding hydrogens is 318 g/mol. The van der Waals surface area contributed by atoms with Crippen LogP contribution in [0.1, 0.15) is 35.6 Å². The summed E-state index contributed by atoms with van der Waals surface area (Å²) in [6.07, 6.45) is 2.19. The molecule has 21 heavy (non-hydrogen) atoms. The highest BCUT2D eigenvalue weighted by molar-refractivity contribution is 7.09. The zero-order chi connectivity index (χ0) is 15.6. The predicted octanol–water partition coefficient (Wildman–Crippen LogP) is 4.13. The van der Waals surface area contributed by atoms with Crippen LogP contribution in [-0.2, 0) is 5.54 Å². The fourth-order valence-corrected chi connectivity index (χ4v) is 2.78. The van der Waals surface area contributed by atoms with Crippen LogP contribution in [0.25, 0.3) is 0 Å². The first kappa shape index (κ1) is 15.9. The van der Waals surface area contributed by atoms with E-state index in [1.54, 1.807) is 18.5 Å². The molecule has 0 aliphatic carbocycles. The number of amides is 1. The summed E-state index contributed by atoms with van der Waals surface area (Å²) in [5, 5.41) is 4.84. The molecule has 1 aromatic carbocycles. The van der Waals surface area contributed by atoms with Gasteiger partial charge in [-0.25, -0.2) is 13.8 Å². The molecule has 0 aliphatic heterocycles. The molecular formula is C14H13ClF2N2OS. The average Bonchev–Trinajstić information content (AvgIpc) is 2.99. The van der Waals surface area contributed by atoms with E-state index >= 15 is 0 Å². The van der Waals surface area contributed by atoms with Gasteiger partial charge in [0.2, 0.25) is 0 Å². The van der Waals surface area contributed by atoms with Crippen LogP contribution in [0.4, 0.5) is 8.78 Å². The lowest BCUT2D eigenvalue weighted by Gasteiger charge is -2.27. The topological polar surface area (TPSA) is 42.0 Å². The van der Waals surface area contributed by atoms with Gasteiger partial charge < -0.3 is 5.32 Å². The number of nitrogens with one attached hydrogen (secondary N) is 1. The monoisotopic (exact) mass is 330 g/mol. The van der Waals surface area contributed by atoms with Gasteiger partial charge in [0.1, 0.15) is 5.01 Å². The summed E-state index contributed by atoms with van der Waals surface area (Å²) >= 11 is 6.86. The molecule has 1 amide bonds. The van der Waals surface area contributed by atoms with Crippen molar-refractivity contribution in [2.45, 2.75) is 25.8 Å². The maximum atomic E-state index is 13.8. The van der Waals surface area contributed by atoms with Gasteiger partial charge in [-0.2, -0.15) is 0 Å². The molecule has 1 unspecified atom stereocenters. The smallest absolute Gasteiger partial charge is 0.255 e. The number of thiazole rings is 1. The van der Waals surface area contributed by atoms with Crippen LogP contribution in [0.15, 0.2) is 23.7 Å². The highest BCUT2D eigenvalue weighted by Crippen LogP contribution is 2.27. The summed E-state index contributed by atoms with van der Waals surface area (Å²) in [6.45, 7) is 3.66. The fourth-order valence-electron chi connectivity index (χ4n) is 1.81. The van der Waals surface area contributed by atoms with E-state index in [1.165, 1.54) is 11.3 Å². The lowest BCUT2D eigenvalue weighted by Crippen LogP contribution is -2.43. The first-order valence-corrected chi connectivity index (χ1v) is 7.50. The highest BCUT2D eigenvalue weighted by Gasteiger charge is 2.31. The standard InChI is InChI=1S/C14H13ClF2N2OS/c1-3-14(2,13-18-6-7-21-13)19-12(20)8-4-5-9(15)11(17)10(8)16/h4-7H,3H2,1-2H3,(H,19,20). The number of benzene rings is 1. The Balaban J connectivity index is 2.31. The maximum Gasteiger partial charge on any atom is 0.255 e. The van der Waals surface area contributed by atoms with Crippen LogP contribution in [0, 0.1) is 11.6 Å². The molecule has 0 saturated heterocycles. The van der Waals surface area contributed by atoms with Crippen molar-refractivity contribution in [1.29, 1.82) is 0 Å². The second-order valence-corrected chi connectivity index (χ2v) is 6.00. The Hall–Kier alpha value is -1.53. The number of hydrogen-bond donors (Lipinski definition) is 1. The number of carbonyl (C=O) groups excluding carboxylic acids is 1. The SMILES string of the molecule is CCC(C)(NC(=O)c1ccc(Cl)c(F)c1F)c1nccs1. The van der Waals surface area contributed by atoms with Gasteiger partial charge in [0.05, 0.1) is 16.1 Å². The average molecular weight is 331 g/mol. The quantitative estimate of drug-likeness (QED) is 0.856. The van der Waals surface area contributed by atoms with Gasteiger partial charge in [-0.3, -0.25) is 4.79 Å². The van der Waals surface area contributed by atoms with Crippen molar-refractivity contribution in [2.75, 3.05) is 0 Å². The molecule has 1 aromatic heterocycles. The van der Waals surface area contributed by atoms with Gasteiger partial charge in [-0.05, 0) is 25.5 Å². The zero-order valence-electron chi connectivity index (χ0n) is 11.4. The lowest BCUT2D eigenvalue weighted by atomic mass is 9.99. The molecule has 1 atom stereocenters. The zero-order valence-corrected chi connectivity index (χ0v) is 13.0. The van der Waals surface area contributed by atoms with Crippen molar-refractivity contribution in [2.24, 2.45) is 0 Å². The van der Waals surface area contributed by atoms with E-state index in [0.717, 1.165) is 12.1 Å². The minimum atomic E-state index is -1.25. The predicted molar refractivity (Wildman–Crippen MR) is 78.6 cm³/mol. The summed E-state index contributed by atoms with van der Waals surface area (Å²) in [4.78, 5) is 16.4. The lowest BCUT2D eigenvalue weighted by molar-refractivity contribution is 0.0896. The molecule has 1 heterocycles. The van der Waals surface area contributed by atoms with Crippen LogP contribution >= 0.6 is 22.9 Å². The summed E-state index contributed by atoms with van der Waals surface area (Å²) in [5.41, 5.74) is -1.12. The van der Waals surface area contributed by atoms with Gasteiger partial charge >= 0.3 is 0 Å². The van der Waals surface area contributed by atoms with Gasteiger partial charge in [-0.15, -0.1) is 11.3 Å². The Morgan fingerprint density at radius 3 is 2.71 bits per heavy atom. The summed E-state index contributed by atoms with van der Waals surface area (Å²) in [6, 6.07) is 2.32. The van der Waals surface area contributed by atoms with Crippen molar-refractivity contribution in [3.8, 4) is 0 Å². The van der Waals surface area contributed by atoms with Crippen LogP contribution in [0.2, 0.25) is 5.02 Å². The first-order valence-electron chi connectivity index (χ1n) is 6.25. The third-order valence-corrected chi connectivity index (χ3v) is 4.61. The Kier molecular flexibility index (Phi) is 4.58. The Labute approximate surface area is 130 Å². The van der Waals surface area contributed by atoms with E-state index in [0.29, 0.717) is 11.4 Å². The van der Waals surface area contributed by atoms with E-state index in [4.69, 9.17) is 11.6 Å². The second-order valence-electron chi connectivity index (χ2n) is 4.70. The third kappa shape index (κ3) is 3.06. The van der Waals surface area contributed by atoms with E-state index < -0.39 is 23.1 Å². The van der Waals surface area contributed by atoms with E-state index in [9.17, 15) is 13.6 Å². The maximum absolute atomic E-state index is 13.8. The molecule has 0 aliphatic rings. The number of nitrogens with zero attached hydrogens (tertiary/aromatic N) is 1. The Morgan fingerprint density at radius 2 is 2.14 bits per heavy atom. The van der Waals surface area contributed by atoms with Gasteiger partial charge in [0.15, 0.2) is 11.6 Å². The molecule has 2 rings (SSSR count). The minimum Gasteiger partial charge on any atom is -0.340 e. The molecule has 112 valence electrons. The molecule has 0 spiro atoms. The van der Waals surface area contributed by atoms with Crippen molar-refractivity contribution in [3.63, 3.8) is 0 Å². The normalized spacial score (nSPS) is 13.8. The van der Waals surface area contributed by atoms with E-state index in [-0.39, 0.29) is 10.6 Å². The number of hydrogen-bond acceptors (Lipinski definition) is 3. The second kappa shape index (κ2) is 6.07. The van der Waals surface area contributed by atoms with Crippen LogP contribution in [0.5, 0.6) is 0 Å². The molecule has 0 bridgehead atoms. The molecule has 0 radical (unpaired) electrons. The van der Waals surface area contributed by atoms with Crippen LogP contribution in [-0.4, -0.2) is 10.9 Å². The Bertz CT molecular complexity index is 663. The van der Waals surface area contributed by atoms with Crippen molar-refractivity contribution in [3.05, 3.63) is 50.9 Å². The van der Waals surface area contributed by atoms with Crippen molar-refractivity contribution in [1.82, 2.24) is 10.3 Å². The Morgan fingerprint density at radius 1 is 1.43 bits per heavy atom.